The van der Waals surface area contributed by atoms with E-state index in [2.05, 4.69) is 11.4 Å². The predicted molar refractivity (Wildman–Crippen MR) is 68.9 cm³/mol. The van der Waals surface area contributed by atoms with E-state index in [0.717, 1.165) is 12.0 Å². The summed E-state index contributed by atoms with van der Waals surface area (Å²) >= 11 is 0. The van der Waals surface area contributed by atoms with Crippen molar-refractivity contribution in [3.63, 3.8) is 0 Å². The normalized spacial score (nSPS) is 13.7. The van der Waals surface area contributed by atoms with Crippen molar-refractivity contribution in [3.8, 4) is 11.8 Å². The summed E-state index contributed by atoms with van der Waals surface area (Å²) in [5.41, 5.74) is 0.271. The van der Waals surface area contributed by atoms with Crippen LogP contribution >= 0.6 is 0 Å². The van der Waals surface area contributed by atoms with Crippen LogP contribution in [0.25, 0.3) is 0 Å². The summed E-state index contributed by atoms with van der Waals surface area (Å²) in [6, 6.07) is 6.69. The van der Waals surface area contributed by atoms with Gasteiger partial charge in [-0.1, -0.05) is 0 Å². The second-order valence-corrected chi connectivity index (χ2v) is 4.56. The predicted octanol–water partition coefficient (Wildman–Crippen LogP) is 2.79. The first kappa shape index (κ1) is 14.5. The van der Waals surface area contributed by atoms with Crippen molar-refractivity contribution < 1.29 is 9.13 Å². The third-order valence-corrected chi connectivity index (χ3v) is 3.01. The van der Waals surface area contributed by atoms with Crippen molar-refractivity contribution in [1.29, 1.82) is 5.26 Å². The molecular formula is C14H19FN2O. The Labute approximate surface area is 108 Å². The van der Waals surface area contributed by atoms with E-state index in [9.17, 15) is 4.39 Å². The lowest BCUT2D eigenvalue weighted by Crippen LogP contribution is -2.38. The summed E-state index contributed by atoms with van der Waals surface area (Å²) in [7, 11) is 1.77. The molecule has 0 bridgehead atoms. The summed E-state index contributed by atoms with van der Waals surface area (Å²) < 4.78 is 18.5. The molecule has 0 saturated heterocycles. The monoisotopic (exact) mass is 250 g/mol. The highest BCUT2D eigenvalue weighted by molar-refractivity contribution is 5.32. The highest BCUT2D eigenvalue weighted by Crippen LogP contribution is 2.19. The van der Waals surface area contributed by atoms with E-state index < -0.39 is 5.54 Å². The number of hydrogen-bond donors (Lipinski definition) is 1. The highest BCUT2D eigenvalue weighted by atomic mass is 19.1. The summed E-state index contributed by atoms with van der Waals surface area (Å²) in [5, 5.41) is 12.0. The lowest BCUT2D eigenvalue weighted by Gasteiger charge is -2.20. The van der Waals surface area contributed by atoms with Gasteiger partial charge >= 0.3 is 0 Å². The van der Waals surface area contributed by atoms with Crippen molar-refractivity contribution in [2.75, 3.05) is 13.7 Å². The van der Waals surface area contributed by atoms with E-state index in [0.29, 0.717) is 18.8 Å². The van der Waals surface area contributed by atoms with Crippen LogP contribution in [0.1, 0.15) is 25.3 Å². The molecule has 4 heteroatoms. The van der Waals surface area contributed by atoms with Gasteiger partial charge in [-0.15, -0.1) is 0 Å². The van der Waals surface area contributed by atoms with Crippen molar-refractivity contribution in [2.24, 2.45) is 0 Å². The van der Waals surface area contributed by atoms with E-state index in [1.807, 2.05) is 13.8 Å². The molecule has 0 aliphatic rings. The molecule has 98 valence electrons. The molecule has 1 aromatic rings. The molecular weight excluding hydrogens is 231 g/mol. The SMILES string of the molecule is CNC(C)(C#N)CCCOc1ccc(F)cc1C. The molecule has 1 N–H and O–H groups in total. The quantitative estimate of drug-likeness (QED) is 0.790. The van der Waals surface area contributed by atoms with Crippen LogP contribution in [0.2, 0.25) is 0 Å². The first-order chi connectivity index (χ1) is 8.50. The van der Waals surface area contributed by atoms with Crippen LogP contribution in [0, 0.1) is 24.1 Å². The van der Waals surface area contributed by atoms with Crippen molar-refractivity contribution >= 4 is 0 Å². The number of benzene rings is 1. The van der Waals surface area contributed by atoms with Crippen LogP contribution in [0.5, 0.6) is 5.75 Å². The first-order valence-corrected chi connectivity index (χ1v) is 6.00. The Bertz CT molecular complexity index is 442. The number of rotatable bonds is 6. The molecule has 0 spiro atoms. The van der Waals surface area contributed by atoms with Gasteiger partial charge in [0, 0.05) is 0 Å². The third-order valence-electron chi connectivity index (χ3n) is 3.01. The summed E-state index contributed by atoms with van der Waals surface area (Å²) in [5.74, 6) is 0.437. The van der Waals surface area contributed by atoms with Crippen molar-refractivity contribution in [3.05, 3.63) is 29.6 Å². The molecule has 0 aliphatic carbocycles. The topological polar surface area (TPSA) is 45.0 Å². The second kappa shape index (κ2) is 6.36. The van der Waals surface area contributed by atoms with Gasteiger partial charge in [0.15, 0.2) is 0 Å². The molecule has 0 fully saturated rings. The van der Waals surface area contributed by atoms with E-state index in [-0.39, 0.29) is 5.82 Å². The van der Waals surface area contributed by atoms with Gasteiger partial charge in [0.05, 0.1) is 12.7 Å². The lowest BCUT2D eigenvalue weighted by molar-refractivity contribution is 0.287. The maximum atomic E-state index is 12.9. The van der Waals surface area contributed by atoms with Crippen LogP contribution in [-0.2, 0) is 0 Å². The van der Waals surface area contributed by atoms with Crippen LogP contribution in [0.3, 0.4) is 0 Å². The zero-order chi connectivity index (χ0) is 13.6. The Hall–Kier alpha value is -1.60. The number of nitriles is 1. The molecule has 1 unspecified atom stereocenters. The molecule has 0 saturated carbocycles. The summed E-state index contributed by atoms with van der Waals surface area (Å²) in [6.07, 6.45) is 1.47. The number of halogens is 1. The maximum absolute atomic E-state index is 12.9. The minimum absolute atomic E-state index is 0.257. The minimum Gasteiger partial charge on any atom is -0.493 e. The zero-order valence-electron chi connectivity index (χ0n) is 11.1. The molecule has 0 aromatic heterocycles. The molecule has 1 atom stereocenters. The Morgan fingerprint density at radius 3 is 2.78 bits per heavy atom. The number of hydrogen-bond acceptors (Lipinski definition) is 3. The Morgan fingerprint density at radius 2 is 2.22 bits per heavy atom. The number of aryl methyl sites for hydroxylation is 1. The molecule has 18 heavy (non-hydrogen) atoms. The van der Waals surface area contributed by atoms with Crippen LogP contribution in [0.15, 0.2) is 18.2 Å². The molecule has 0 aliphatic heterocycles. The Morgan fingerprint density at radius 1 is 1.50 bits per heavy atom. The largest absolute Gasteiger partial charge is 0.493 e. The van der Waals surface area contributed by atoms with Gasteiger partial charge < -0.3 is 10.1 Å². The standard InChI is InChI=1S/C14H19FN2O/c1-11-9-12(15)5-6-13(11)18-8-4-7-14(2,10-16)17-3/h5-6,9,17H,4,7-8H2,1-3H3. The van der Waals surface area contributed by atoms with Gasteiger partial charge in [0.1, 0.15) is 17.1 Å². The van der Waals surface area contributed by atoms with Gasteiger partial charge in [0.2, 0.25) is 0 Å². The molecule has 0 amide bonds. The van der Waals surface area contributed by atoms with Gasteiger partial charge in [0.25, 0.3) is 0 Å². The smallest absolute Gasteiger partial charge is 0.123 e. The molecule has 0 heterocycles. The number of ether oxygens (including phenoxy) is 1. The van der Waals surface area contributed by atoms with Gasteiger partial charge in [-0.2, -0.15) is 5.26 Å². The van der Waals surface area contributed by atoms with Crippen LogP contribution < -0.4 is 10.1 Å². The highest BCUT2D eigenvalue weighted by Gasteiger charge is 2.20. The number of nitrogens with one attached hydrogen (secondary N) is 1. The van der Waals surface area contributed by atoms with E-state index in [1.165, 1.54) is 12.1 Å². The first-order valence-electron chi connectivity index (χ1n) is 6.00. The molecule has 1 rings (SSSR count). The van der Waals surface area contributed by atoms with Gasteiger partial charge in [-0.25, -0.2) is 4.39 Å². The fourth-order valence-corrected chi connectivity index (χ4v) is 1.62. The molecule has 3 nitrogen and oxygen atoms in total. The van der Waals surface area contributed by atoms with Crippen molar-refractivity contribution in [1.82, 2.24) is 5.32 Å². The van der Waals surface area contributed by atoms with Crippen molar-refractivity contribution in [2.45, 2.75) is 32.2 Å². The summed E-state index contributed by atoms with van der Waals surface area (Å²) in [6.45, 7) is 4.19. The van der Waals surface area contributed by atoms with Gasteiger partial charge in [-0.05, 0) is 57.5 Å². The minimum atomic E-state index is -0.513. The summed E-state index contributed by atoms with van der Waals surface area (Å²) in [4.78, 5) is 0. The van der Waals surface area contributed by atoms with Crippen LogP contribution in [0.4, 0.5) is 4.39 Å². The fraction of sp³-hybridized carbons (Fsp3) is 0.500. The van der Waals surface area contributed by atoms with Crippen LogP contribution in [-0.4, -0.2) is 19.2 Å². The fourth-order valence-electron chi connectivity index (χ4n) is 1.62. The average molecular weight is 250 g/mol. The Kier molecular flexibility index (Phi) is 5.11. The van der Waals surface area contributed by atoms with E-state index in [4.69, 9.17) is 10.00 Å². The van der Waals surface area contributed by atoms with E-state index in [1.54, 1.807) is 13.1 Å². The zero-order valence-corrected chi connectivity index (χ0v) is 11.1. The third kappa shape index (κ3) is 4.01. The number of nitrogens with zero attached hydrogens (tertiary/aromatic N) is 1. The average Bonchev–Trinajstić information content (AvgIpc) is 2.36. The second-order valence-electron chi connectivity index (χ2n) is 4.56. The lowest BCUT2D eigenvalue weighted by atomic mass is 9.98. The maximum Gasteiger partial charge on any atom is 0.123 e. The Balaban J connectivity index is 2.41. The van der Waals surface area contributed by atoms with E-state index >= 15 is 0 Å². The molecule has 1 aromatic carbocycles. The van der Waals surface area contributed by atoms with Gasteiger partial charge in [-0.3, -0.25) is 0 Å². The molecule has 0 radical (unpaired) electrons.